The van der Waals surface area contributed by atoms with Gasteiger partial charge in [-0.3, -0.25) is 4.98 Å². The summed E-state index contributed by atoms with van der Waals surface area (Å²) in [6, 6.07) is 16.4. The number of aromatic nitrogens is 3. The number of ether oxygens (including phenoxy) is 1. The van der Waals surface area contributed by atoms with Crippen LogP contribution in [0.15, 0.2) is 65.6 Å². The standard InChI is InChI=1S/C25H25N5O2S/c31-25(32-15-21-16-33-17-28-21)26-10-8-18-9-11-30(14-18)24-7-3-6-23(29-24)20-12-19-4-1-2-5-22(19)27-13-20/h1-7,12-13,16-18H,8-11,14-15H2,(H,26,31). The van der Waals surface area contributed by atoms with Gasteiger partial charge >= 0.3 is 6.09 Å². The fourth-order valence-corrected chi connectivity index (χ4v) is 4.67. The highest BCUT2D eigenvalue weighted by molar-refractivity contribution is 7.07. The topological polar surface area (TPSA) is 80.2 Å². The van der Waals surface area contributed by atoms with Crippen molar-refractivity contribution in [2.75, 3.05) is 24.5 Å². The van der Waals surface area contributed by atoms with Crippen molar-refractivity contribution in [3.63, 3.8) is 0 Å². The zero-order valence-corrected chi connectivity index (χ0v) is 19.0. The van der Waals surface area contributed by atoms with E-state index in [-0.39, 0.29) is 6.61 Å². The Morgan fingerprint density at radius 2 is 2.12 bits per heavy atom. The van der Waals surface area contributed by atoms with Gasteiger partial charge in [0.15, 0.2) is 0 Å². The average Bonchev–Trinajstić information content (AvgIpc) is 3.55. The van der Waals surface area contributed by atoms with Crippen LogP contribution in [0.5, 0.6) is 0 Å². The van der Waals surface area contributed by atoms with Crippen LogP contribution >= 0.6 is 11.3 Å². The number of para-hydroxylation sites is 1. The monoisotopic (exact) mass is 459 g/mol. The Kier molecular flexibility index (Phi) is 6.44. The molecule has 1 saturated heterocycles. The van der Waals surface area contributed by atoms with Crippen molar-refractivity contribution < 1.29 is 9.53 Å². The van der Waals surface area contributed by atoms with Gasteiger partial charge in [0.05, 0.1) is 22.4 Å². The number of rotatable bonds is 7. The maximum Gasteiger partial charge on any atom is 0.407 e. The molecule has 4 heterocycles. The molecule has 1 fully saturated rings. The summed E-state index contributed by atoms with van der Waals surface area (Å²) in [5, 5.41) is 5.83. The summed E-state index contributed by atoms with van der Waals surface area (Å²) < 4.78 is 5.19. The van der Waals surface area contributed by atoms with Gasteiger partial charge in [-0.15, -0.1) is 11.3 Å². The number of nitrogens with zero attached hydrogens (tertiary/aromatic N) is 4. The van der Waals surface area contributed by atoms with Gasteiger partial charge in [-0.1, -0.05) is 24.3 Å². The van der Waals surface area contributed by atoms with E-state index in [1.54, 1.807) is 5.51 Å². The lowest BCUT2D eigenvalue weighted by Crippen LogP contribution is -2.27. The minimum Gasteiger partial charge on any atom is -0.443 e. The summed E-state index contributed by atoms with van der Waals surface area (Å²) in [4.78, 5) is 27.8. The zero-order valence-electron chi connectivity index (χ0n) is 18.2. The van der Waals surface area contributed by atoms with Crippen LogP contribution < -0.4 is 10.2 Å². The first-order chi connectivity index (χ1) is 16.2. The molecule has 0 bridgehead atoms. The minimum atomic E-state index is -0.392. The van der Waals surface area contributed by atoms with E-state index in [4.69, 9.17) is 9.72 Å². The molecule has 7 nitrogen and oxygen atoms in total. The molecule has 33 heavy (non-hydrogen) atoms. The molecular formula is C25H25N5O2S. The third kappa shape index (κ3) is 5.28. The van der Waals surface area contributed by atoms with Gasteiger partial charge in [0.25, 0.3) is 0 Å². The van der Waals surface area contributed by atoms with Crippen molar-refractivity contribution in [3.05, 3.63) is 71.3 Å². The molecule has 1 aliphatic heterocycles. The highest BCUT2D eigenvalue weighted by atomic mass is 32.1. The molecule has 0 radical (unpaired) electrons. The third-order valence-corrected chi connectivity index (χ3v) is 6.52. The van der Waals surface area contributed by atoms with Crippen LogP contribution in [0, 0.1) is 5.92 Å². The van der Waals surface area contributed by atoms with Crippen molar-refractivity contribution in [3.8, 4) is 11.3 Å². The fourth-order valence-electron chi connectivity index (χ4n) is 4.13. The molecule has 0 saturated carbocycles. The van der Waals surface area contributed by atoms with Gasteiger partial charge in [-0.2, -0.15) is 0 Å². The van der Waals surface area contributed by atoms with Gasteiger partial charge in [-0.05, 0) is 43.0 Å². The summed E-state index contributed by atoms with van der Waals surface area (Å²) in [6.45, 7) is 2.71. The van der Waals surface area contributed by atoms with Crippen LogP contribution in [0.2, 0.25) is 0 Å². The molecule has 8 heteroatoms. The van der Waals surface area contributed by atoms with Gasteiger partial charge in [0.2, 0.25) is 0 Å². The number of fused-ring (bicyclic) bond motifs is 1. The number of thiazole rings is 1. The third-order valence-electron chi connectivity index (χ3n) is 5.89. The van der Waals surface area contributed by atoms with Gasteiger partial charge in [0, 0.05) is 42.2 Å². The van der Waals surface area contributed by atoms with E-state index in [2.05, 4.69) is 44.5 Å². The summed E-state index contributed by atoms with van der Waals surface area (Å²) in [7, 11) is 0. The highest BCUT2D eigenvalue weighted by Crippen LogP contribution is 2.27. The van der Waals surface area contributed by atoms with Crippen LogP contribution in [-0.2, 0) is 11.3 Å². The van der Waals surface area contributed by atoms with Gasteiger partial charge < -0.3 is 15.0 Å². The van der Waals surface area contributed by atoms with E-state index in [1.165, 1.54) is 11.3 Å². The SMILES string of the molecule is O=C(NCCC1CCN(c2cccc(-c3cnc4ccccc4c3)n2)C1)OCc1cscn1. The second-order valence-electron chi connectivity index (χ2n) is 8.17. The van der Waals surface area contributed by atoms with Crippen LogP contribution in [0.3, 0.4) is 0 Å². The molecule has 5 rings (SSSR count). The summed E-state index contributed by atoms with van der Waals surface area (Å²) >= 11 is 1.49. The van der Waals surface area contributed by atoms with E-state index in [1.807, 2.05) is 35.8 Å². The van der Waals surface area contributed by atoms with Crippen molar-refractivity contribution in [1.82, 2.24) is 20.3 Å². The van der Waals surface area contributed by atoms with Crippen LogP contribution in [0.4, 0.5) is 10.6 Å². The second kappa shape index (κ2) is 9.95. The first-order valence-corrected chi connectivity index (χ1v) is 12.0. The van der Waals surface area contributed by atoms with Gasteiger partial charge in [0.1, 0.15) is 12.4 Å². The Bertz CT molecular complexity index is 1230. The quantitative estimate of drug-likeness (QED) is 0.424. The second-order valence-corrected chi connectivity index (χ2v) is 8.89. The Balaban J connectivity index is 1.14. The molecular weight excluding hydrogens is 434 g/mol. The van der Waals surface area contributed by atoms with Crippen LogP contribution in [0.1, 0.15) is 18.5 Å². The lowest BCUT2D eigenvalue weighted by molar-refractivity contribution is 0.138. The van der Waals surface area contributed by atoms with Gasteiger partial charge in [-0.25, -0.2) is 14.8 Å². The highest BCUT2D eigenvalue weighted by Gasteiger charge is 2.23. The molecule has 1 amide bonds. The molecule has 4 aromatic rings. The molecule has 168 valence electrons. The first kappa shape index (κ1) is 21.3. The number of benzene rings is 1. The maximum atomic E-state index is 11.9. The lowest BCUT2D eigenvalue weighted by atomic mass is 10.1. The molecule has 1 unspecified atom stereocenters. The van der Waals surface area contributed by atoms with E-state index < -0.39 is 6.09 Å². The molecule has 0 aliphatic carbocycles. The number of amides is 1. The number of alkyl carbamates (subject to hydrolysis) is 1. The summed E-state index contributed by atoms with van der Waals surface area (Å²) in [5.41, 5.74) is 5.44. The Labute approximate surface area is 196 Å². The van der Waals surface area contributed by atoms with E-state index in [0.717, 1.165) is 59.6 Å². The van der Waals surface area contributed by atoms with E-state index >= 15 is 0 Å². The Hall–Kier alpha value is -3.52. The number of nitrogens with one attached hydrogen (secondary N) is 1. The predicted molar refractivity (Wildman–Crippen MR) is 130 cm³/mol. The average molecular weight is 460 g/mol. The fraction of sp³-hybridized carbons (Fsp3) is 0.280. The normalized spacial score (nSPS) is 15.6. The number of anilines is 1. The van der Waals surface area contributed by atoms with E-state index in [9.17, 15) is 4.79 Å². The molecule has 3 aromatic heterocycles. The summed E-state index contributed by atoms with van der Waals surface area (Å²) in [5.74, 6) is 1.50. The van der Waals surface area contributed by atoms with Crippen LogP contribution in [-0.4, -0.2) is 40.7 Å². The smallest absolute Gasteiger partial charge is 0.407 e. The lowest BCUT2D eigenvalue weighted by Gasteiger charge is -2.18. The number of hydrogen-bond acceptors (Lipinski definition) is 7. The van der Waals surface area contributed by atoms with E-state index in [0.29, 0.717) is 12.5 Å². The van der Waals surface area contributed by atoms with Crippen LogP contribution in [0.25, 0.3) is 22.2 Å². The molecule has 0 spiro atoms. The Morgan fingerprint density at radius 3 is 3.03 bits per heavy atom. The molecule has 1 aromatic carbocycles. The number of carbonyl (C=O) groups is 1. The van der Waals surface area contributed by atoms with Crippen molar-refractivity contribution >= 4 is 34.2 Å². The van der Waals surface area contributed by atoms with Crippen molar-refractivity contribution in [1.29, 1.82) is 0 Å². The number of hydrogen-bond donors (Lipinski definition) is 1. The number of pyridine rings is 2. The first-order valence-electron chi connectivity index (χ1n) is 11.1. The molecule has 1 atom stereocenters. The van der Waals surface area contributed by atoms with Crippen molar-refractivity contribution in [2.24, 2.45) is 5.92 Å². The Morgan fingerprint density at radius 1 is 1.18 bits per heavy atom. The minimum absolute atomic E-state index is 0.210. The van der Waals surface area contributed by atoms with Crippen molar-refractivity contribution in [2.45, 2.75) is 19.4 Å². The predicted octanol–water partition coefficient (Wildman–Crippen LogP) is 4.90. The molecule has 1 N–H and O–H groups in total. The number of carbonyl (C=O) groups excluding carboxylic acids is 1. The molecule has 1 aliphatic rings. The maximum absolute atomic E-state index is 11.9. The summed E-state index contributed by atoms with van der Waals surface area (Å²) in [6.07, 6.45) is 3.49. The largest absolute Gasteiger partial charge is 0.443 e. The zero-order chi connectivity index (χ0) is 22.5.